The molecular weight excluding hydrogens is 276 g/mol. The van der Waals surface area contributed by atoms with Crippen molar-refractivity contribution in [3.63, 3.8) is 0 Å². The molecule has 0 heterocycles. The SMILES string of the molecule is CC1(C)C(C=O)C1(C)C.Cc1ccc(S(=O)(=O)O)cc1. The summed E-state index contributed by atoms with van der Waals surface area (Å²) < 4.78 is 29.6. The minimum atomic E-state index is -4.02. The third kappa shape index (κ3) is 3.27. The average Bonchev–Trinajstić information content (AvgIpc) is 2.68. The van der Waals surface area contributed by atoms with Crippen LogP contribution in [0.4, 0.5) is 0 Å². The summed E-state index contributed by atoms with van der Waals surface area (Å²) in [5, 5.41) is 0. The smallest absolute Gasteiger partial charge is 0.294 e. The number of hydrogen-bond donors (Lipinski definition) is 1. The summed E-state index contributed by atoms with van der Waals surface area (Å²) >= 11 is 0. The first-order chi connectivity index (χ1) is 8.94. The lowest BCUT2D eigenvalue weighted by Crippen LogP contribution is -1.96. The van der Waals surface area contributed by atoms with Crippen LogP contribution in [-0.2, 0) is 14.9 Å². The Morgan fingerprint density at radius 1 is 1.05 bits per heavy atom. The van der Waals surface area contributed by atoms with Crippen molar-refractivity contribution >= 4 is 16.4 Å². The van der Waals surface area contributed by atoms with Gasteiger partial charge in [0.15, 0.2) is 0 Å². The Labute approximate surface area is 121 Å². The minimum Gasteiger partial charge on any atom is -0.303 e. The fourth-order valence-electron chi connectivity index (χ4n) is 2.30. The Balaban J connectivity index is 0.000000204. The maximum absolute atomic E-state index is 10.5. The van der Waals surface area contributed by atoms with Crippen molar-refractivity contribution in [2.75, 3.05) is 0 Å². The number of benzene rings is 1. The lowest BCUT2D eigenvalue weighted by Gasteiger charge is -2.03. The zero-order valence-corrected chi connectivity index (χ0v) is 13.4. The Kier molecular flexibility index (Phi) is 4.46. The molecule has 0 amide bonds. The van der Waals surface area contributed by atoms with Gasteiger partial charge in [0.25, 0.3) is 10.1 Å². The number of carbonyl (C=O) groups excluding carboxylic acids is 1. The summed E-state index contributed by atoms with van der Waals surface area (Å²) in [6.45, 7) is 10.4. The summed E-state index contributed by atoms with van der Waals surface area (Å²) in [5.41, 5.74) is 1.45. The predicted molar refractivity (Wildman–Crippen MR) is 78.1 cm³/mol. The Bertz CT molecular complexity index is 569. The molecule has 20 heavy (non-hydrogen) atoms. The van der Waals surface area contributed by atoms with E-state index in [0.29, 0.717) is 0 Å². The summed E-state index contributed by atoms with van der Waals surface area (Å²) in [7, 11) is -4.02. The van der Waals surface area contributed by atoms with E-state index in [0.717, 1.165) is 11.8 Å². The maximum atomic E-state index is 10.5. The van der Waals surface area contributed by atoms with Gasteiger partial charge in [-0.2, -0.15) is 8.42 Å². The van der Waals surface area contributed by atoms with E-state index in [1.807, 2.05) is 6.92 Å². The summed E-state index contributed by atoms with van der Waals surface area (Å²) in [6.07, 6.45) is 1.08. The topological polar surface area (TPSA) is 71.4 Å². The number of rotatable bonds is 2. The normalized spacial score (nSPS) is 19.7. The molecule has 112 valence electrons. The van der Waals surface area contributed by atoms with Gasteiger partial charge in [-0.25, -0.2) is 0 Å². The van der Waals surface area contributed by atoms with Crippen LogP contribution in [0.5, 0.6) is 0 Å². The highest BCUT2D eigenvalue weighted by atomic mass is 32.2. The van der Waals surface area contributed by atoms with Gasteiger partial charge in [-0.15, -0.1) is 0 Å². The van der Waals surface area contributed by atoms with Crippen molar-refractivity contribution < 1.29 is 17.8 Å². The fraction of sp³-hybridized carbons (Fsp3) is 0.533. The van der Waals surface area contributed by atoms with E-state index < -0.39 is 10.1 Å². The van der Waals surface area contributed by atoms with Gasteiger partial charge in [0.1, 0.15) is 6.29 Å². The van der Waals surface area contributed by atoms with E-state index in [2.05, 4.69) is 27.7 Å². The zero-order chi connectivity index (χ0) is 15.8. The Morgan fingerprint density at radius 3 is 1.65 bits per heavy atom. The van der Waals surface area contributed by atoms with E-state index in [-0.39, 0.29) is 21.6 Å². The van der Waals surface area contributed by atoms with Gasteiger partial charge in [0.05, 0.1) is 4.90 Å². The third-order valence-electron chi connectivity index (χ3n) is 4.59. The molecule has 1 aromatic carbocycles. The van der Waals surface area contributed by atoms with E-state index in [1.54, 1.807) is 12.1 Å². The second-order valence-electron chi connectivity index (χ2n) is 6.35. The van der Waals surface area contributed by atoms with E-state index in [9.17, 15) is 13.2 Å². The predicted octanol–water partition coefficient (Wildman–Crippen LogP) is 3.11. The molecule has 1 aliphatic carbocycles. The Morgan fingerprint density at radius 2 is 1.45 bits per heavy atom. The lowest BCUT2D eigenvalue weighted by atomic mass is 10.0. The first kappa shape index (κ1) is 16.9. The number of aryl methyl sites for hydroxylation is 1. The molecule has 0 aromatic heterocycles. The van der Waals surface area contributed by atoms with Crippen LogP contribution in [-0.4, -0.2) is 19.3 Å². The highest BCUT2D eigenvalue weighted by Crippen LogP contribution is 2.67. The van der Waals surface area contributed by atoms with Crippen molar-refractivity contribution in [2.45, 2.75) is 39.5 Å². The Hall–Kier alpha value is -1.20. The highest BCUT2D eigenvalue weighted by Gasteiger charge is 2.64. The van der Waals surface area contributed by atoms with Crippen molar-refractivity contribution in [3.05, 3.63) is 29.8 Å². The molecule has 5 heteroatoms. The van der Waals surface area contributed by atoms with E-state index in [4.69, 9.17) is 4.55 Å². The van der Waals surface area contributed by atoms with Gasteiger partial charge in [-0.1, -0.05) is 45.4 Å². The van der Waals surface area contributed by atoms with Crippen LogP contribution in [0.15, 0.2) is 29.2 Å². The van der Waals surface area contributed by atoms with Crippen LogP contribution in [0.3, 0.4) is 0 Å². The molecule has 0 aliphatic heterocycles. The summed E-state index contributed by atoms with van der Waals surface area (Å²) in [5.74, 6) is 0.282. The van der Waals surface area contributed by atoms with Crippen LogP contribution in [0, 0.1) is 23.7 Å². The van der Waals surface area contributed by atoms with Crippen molar-refractivity contribution in [1.82, 2.24) is 0 Å². The molecular formula is C15H22O4S. The van der Waals surface area contributed by atoms with Gasteiger partial charge in [-0.3, -0.25) is 4.55 Å². The molecule has 0 unspecified atom stereocenters. The summed E-state index contributed by atoms with van der Waals surface area (Å²) in [4.78, 5) is 10.3. The fourth-order valence-corrected chi connectivity index (χ4v) is 2.78. The number of carbonyl (C=O) groups is 1. The van der Waals surface area contributed by atoms with Crippen LogP contribution in [0.2, 0.25) is 0 Å². The number of aldehydes is 1. The second kappa shape index (κ2) is 5.30. The first-order valence-electron chi connectivity index (χ1n) is 6.44. The standard InChI is InChI=1S/C8H14O.C7H8O3S/c1-7(2)6(5-9)8(7,3)4;1-6-2-4-7(5-3-6)11(8,9)10/h5-6H,1-4H3;2-5H,1H3,(H,8,9,10). The van der Waals surface area contributed by atoms with Crippen LogP contribution in [0.25, 0.3) is 0 Å². The van der Waals surface area contributed by atoms with Gasteiger partial charge in [0, 0.05) is 5.92 Å². The molecule has 1 N–H and O–H groups in total. The van der Waals surface area contributed by atoms with Crippen LogP contribution >= 0.6 is 0 Å². The molecule has 0 bridgehead atoms. The van der Waals surface area contributed by atoms with Gasteiger partial charge in [0.2, 0.25) is 0 Å². The molecule has 0 spiro atoms. The molecule has 4 nitrogen and oxygen atoms in total. The molecule has 1 aliphatic rings. The lowest BCUT2D eigenvalue weighted by molar-refractivity contribution is -0.109. The van der Waals surface area contributed by atoms with Gasteiger partial charge in [-0.05, 0) is 29.9 Å². The molecule has 0 saturated heterocycles. The highest BCUT2D eigenvalue weighted by molar-refractivity contribution is 7.85. The monoisotopic (exact) mass is 298 g/mol. The molecule has 0 radical (unpaired) electrons. The molecule has 1 saturated carbocycles. The average molecular weight is 298 g/mol. The first-order valence-corrected chi connectivity index (χ1v) is 7.88. The van der Waals surface area contributed by atoms with Gasteiger partial charge < -0.3 is 4.79 Å². The maximum Gasteiger partial charge on any atom is 0.294 e. The van der Waals surface area contributed by atoms with Crippen molar-refractivity contribution in [3.8, 4) is 0 Å². The van der Waals surface area contributed by atoms with Crippen LogP contribution in [0.1, 0.15) is 33.3 Å². The number of hydrogen-bond acceptors (Lipinski definition) is 3. The van der Waals surface area contributed by atoms with Gasteiger partial charge >= 0.3 is 0 Å². The molecule has 1 fully saturated rings. The van der Waals surface area contributed by atoms with E-state index in [1.165, 1.54) is 12.1 Å². The molecule has 1 aromatic rings. The minimum absolute atomic E-state index is 0.0666. The quantitative estimate of drug-likeness (QED) is 0.672. The van der Waals surface area contributed by atoms with Crippen LogP contribution < -0.4 is 0 Å². The molecule has 0 atom stereocenters. The molecule has 2 rings (SSSR count). The summed E-state index contributed by atoms with van der Waals surface area (Å²) in [6, 6.07) is 5.99. The largest absolute Gasteiger partial charge is 0.303 e. The van der Waals surface area contributed by atoms with Crippen molar-refractivity contribution in [1.29, 1.82) is 0 Å². The zero-order valence-electron chi connectivity index (χ0n) is 12.5. The van der Waals surface area contributed by atoms with E-state index >= 15 is 0 Å². The second-order valence-corrected chi connectivity index (χ2v) is 7.77. The third-order valence-corrected chi connectivity index (χ3v) is 5.46. The van der Waals surface area contributed by atoms with Crippen molar-refractivity contribution in [2.24, 2.45) is 16.7 Å².